The number of anilines is 1. The number of aryl methyl sites for hydroxylation is 2. The number of amides is 1. The Kier molecular flexibility index (Phi) is 3.76. The molecular formula is C18H20N2O. The molecule has 3 rings (SSSR count). The van der Waals surface area contributed by atoms with Gasteiger partial charge in [-0.1, -0.05) is 12.1 Å². The lowest BCUT2D eigenvalue weighted by atomic mass is 9.98. The first kappa shape index (κ1) is 13.8. The van der Waals surface area contributed by atoms with Gasteiger partial charge in [0, 0.05) is 17.8 Å². The molecule has 0 aliphatic carbocycles. The van der Waals surface area contributed by atoms with E-state index in [1.807, 2.05) is 38.1 Å². The summed E-state index contributed by atoms with van der Waals surface area (Å²) in [6.45, 7) is 5.93. The highest BCUT2D eigenvalue weighted by molar-refractivity contribution is 6.04. The third-order valence-electron chi connectivity index (χ3n) is 3.83. The molecule has 108 valence electrons. The molecule has 2 aromatic rings. The van der Waals surface area contributed by atoms with Crippen LogP contribution in [0.3, 0.4) is 0 Å². The molecule has 0 aromatic heterocycles. The van der Waals surface area contributed by atoms with Gasteiger partial charge in [-0.3, -0.25) is 4.79 Å². The molecule has 2 N–H and O–H groups in total. The number of benzene rings is 2. The molecule has 2 aromatic carbocycles. The molecule has 0 fully saturated rings. The Hall–Kier alpha value is -2.13. The highest BCUT2D eigenvalue weighted by Gasteiger charge is 2.12. The van der Waals surface area contributed by atoms with Crippen molar-refractivity contribution in [1.82, 2.24) is 5.32 Å². The second kappa shape index (κ2) is 5.70. The van der Waals surface area contributed by atoms with Gasteiger partial charge < -0.3 is 10.6 Å². The molecule has 0 atom stereocenters. The highest BCUT2D eigenvalue weighted by atomic mass is 16.1. The Bertz CT molecular complexity index is 671. The van der Waals surface area contributed by atoms with Gasteiger partial charge in [-0.25, -0.2) is 0 Å². The molecule has 1 aliphatic rings. The number of fused-ring (bicyclic) bond motifs is 1. The molecule has 0 saturated heterocycles. The lowest BCUT2D eigenvalue weighted by molar-refractivity contribution is 0.102. The summed E-state index contributed by atoms with van der Waals surface area (Å²) in [6, 6.07) is 12.1. The average Bonchev–Trinajstić information content (AvgIpc) is 2.45. The van der Waals surface area contributed by atoms with Crippen LogP contribution in [0.1, 0.15) is 32.6 Å². The van der Waals surface area contributed by atoms with E-state index in [0.29, 0.717) is 0 Å². The van der Waals surface area contributed by atoms with Crippen molar-refractivity contribution in [2.75, 3.05) is 11.9 Å². The van der Waals surface area contributed by atoms with E-state index in [9.17, 15) is 4.79 Å². The van der Waals surface area contributed by atoms with Crippen molar-refractivity contribution in [1.29, 1.82) is 0 Å². The largest absolute Gasteiger partial charge is 0.322 e. The van der Waals surface area contributed by atoms with E-state index in [4.69, 9.17) is 0 Å². The minimum Gasteiger partial charge on any atom is -0.322 e. The van der Waals surface area contributed by atoms with Gasteiger partial charge in [-0.2, -0.15) is 0 Å². The lowest BCUT2D eigenvalue weighted by Gasteiger charge is -2.17. The van der Waals surface area contributed by atoms with Crippen LogP contribution in [0.5, 0.6) is 0 Å². The minimum atomic E-state index is -0.0478. The maximum absolute atomic E-state index is 12.4. The quantitative estimate of drug-likeness (QED) is 0.887. The first-order valence-electron chi connectivity index (χ1n) is 7.34. The van der Waals surface area contributed by atoms with Crippen LogP contribution in [0.25, 0.3) is 0 Å². The Morgan fingerprint density at radius 3 is 2.57 bits per heavy atom. The highest BCUT2D eigenvalue weighted by Crippen LogP contribution is 2.18. The summed E-state index contributed by atoms with van der Waals surface area (Å²) in [5.74, 6) is -0.0478. The third-order valence-corrected chi connectivity index (χ3v) is 3.83. The molecule has 0 bridgehead atoms. The van der Waals surface area contributed by atoms with Gasteiger partial charge in [0.1, 0.15) is 0 Å². The van der Waals surface area contributed by atoms with Gasteiger partial charge >= 0.3 is 0 Å². The third kappa shape index (κ3) is 3.14. The van der Waals surface area contributed by atoms with E-state index in [2.05, 4.69) is 22.8 Å². The van der Waals surface area contributed by atoms with Gasteiger partial charge in [-0.15, -0.1) is 0 Å². The SMILES string of the molecule is Cc1cc(C)cc(NC(=O)c2ccc3c(c2)CNCC3)c1. The molecule has 0 saturated carbocycles. The number of hydrogen-bond donors (Lipinski definition) is 2. The van der Waals surface area contributed by atoms with Crippen LogP contribution in [0.4, 0.5) is 5.69 Å². The van der Waals surface area contributed by atoms with Gasteiger partial charge in [0.05, 0.1) is 0 Å². The maximum atomic E-state index is 12.4. The maximum Gasteiger partial charge on any atom is 0.255 e. The van der Waals surface area contributed by atoms with Crippen LogP contribution in [-0.2, 0) is 13.0 Å². The fraction of sp³-hybridized carbons (Fsp3) is 0.278. The number of hydrogen-bond acceptors (Lipinski definition) is 2. The first-order valence-corrected chi connectivity index (χ1v) is 7.34. The molecule has 0 unspecified atom stereocenters. The van der Waals surface area contributed by atoms with Crippen molar-refractivity contribution < 1.29 is 4.79 Å². The minimum absolute atomic E-state index is 0.0478. The Morgan fingerprint density at radius 1 is 1.05 bits per heavy atom. The van der Waals surface area contributed by atoms with Crippen molar-refractivity contribution in [2.45, 2.75) is 26.8 Å². The predicted octanol–water partition coefficient (Wildman–Crippen LogP) is 3.20. The lowest BCUT2D eigenvalue weighted by Crippen LogP contribution is -2.24. The molecule has 1 heterocycles. The first-order chi connectivity index (χ1) is 10.1. The molecule has 3 nitrogen and oxygen atoms in total. The monoisotopic (exact) mass is 280 g/mol. The topological polar surface area (TPSA) is 41.1 Å². The molecule has 1 amide bonds. The Balaban J connectivity index is 1.82. The fourth-order valence-electron chi connectivity index (χ4n) is 2.87. The van der Waals surface area contributed by atoms with Crippen LogP contribution in [0.2, 0.25) is 0 Å². The predicted molar refractivity (Wildman–Crippen MR) is 85.7 cm³/mol. The van der Waals surface area contributed by atoms with Crippen molar-refractivity contribution >= 4 is 11.6 Å². The summed E-state index contributed by atoms with van der Waals surface area (Å²) in [6.07, 6.45) is 1.04. The summed E-state index contributed by atoms with van der Waals surface area (Å²) >= 11 is 0. The molecule has 3 heteroatoms. The number of carbonyl (C=O) groups excluding carboxylic acids is 1. The second-order valence-corrected chi connectivity index (χ2v) is 5.74. The van der Waals surface area contributed by atoms with Crippen molar-refractivity contribution in [2.24, 2.45) is 0 Å². The van der Waals surface area contributed by atoms with Crippen molar-refractivity contribution in [3.63, 3.8) is 0 Å². The van der Waals surface area contributed by atoms with E-state index in [0.717, 1.165) is 41.9 Å². The smallest absolute Gasteiger partial charge is 0.255 e. The zero-order valence-electron chi connectivity index (χ0n) is 12.5. The van der Waals surface area contributed by atoms with E-state index in [1.165, 1.54) is 11.1 Å². The zero-order valence-corrected chi connectivity index (χ0v) is 12.5. The van der Waals surface area contributed by atoms with Crippen molar-refractivity contribution in [3.8, 4) is 0 Å². The summed E-state index contributed by atoms with van der Waals surface area (Å²) in [5, 5.41) is 6.33. The van der Waals surface area contributed by atoms with Crippen molar-refractivity contribution in [3.05, 3.63) is 64.2 Å². The summed E-state index contributed by atoms with van der Waals surface area (Å²) in [7, 11) is 0. The summed E-state index contributed by atoms with van der Waals surface area (Å²) in [4.78, 5) is 12.4. The van der Waals surface area contributed by atoms with Gasteiger partial charge in [0.15, 0.2) is 0 Å². The van der Waals surface area contributed by atoms with Gasteiger partial charge in [-0.05, 0) is 73.3 Å². The summed E-state index contributed by atoms with van der Waals surface area (Å²) in [5.41, 5.74) is 6.45. The van der Waals surface area contributed by atoms with E-state index in [-0.39, 0.29) is 5.91 Å². The molecular weight excluding hydrogens is 260 g/mol. The summed E-state index contributed by atoms with van der Waals surface area (Å²) < 4.78 is 0. The molecule has 0 spiro atoms. The van der Waals surface area contributed by atoms with Gasteiger partial charge in [0.25, 0.3) is 5.91 Å². The van der Waals surface area contributed by atoms with Gasteiger partial charge in [0.2, 0.25) is 0 Å². The van der Waals surface area contributed by atoms with E-state index in [1.54, 1.807) is 0 Å². The fourth-order valence-corrected chi connectivity index (χ4v) is 2.87. The number of nitrogens with one attached hydrogen (secondary N) is 2. The zero-order chi connectivity index (χ0) is 14.8. The second-order valence-electron chi connectivity index (χ2n) is 5.74. The average molecular weight is 280 g/mol. The molecule has 1 aliphatic heterocycles. The van der Waals surface area contributed by atoms with Crippen LogP contribution < -0.4 is 10.6 Å². The standard InChI is InChI=1S/C18H20N2O/c1-12-7-13(2)9-17(8-12)20-18(21)15-4-3-14-5-6-19-11-16(14)10-15/h3-4,7-10,19H,5-6,11H2,1-2H3,(H,20,21). The van der Waals surface area contributed by atoms with E-state index < -0.39 is 0 Å². The van der Waals surface area contributed by atoms with Crippen LogP contribution in [0.15, 0.2) is 36.4 Å². The Morgan fingerprint density at radius 2 is 1.81 bits per heavy atom. The van der Waals surface area contributed by atoms with E-state index >= 15 is 0 Å². The van der Waals surface area contributed by atoms with Crippen LogP contribution >= 0.6 is 0 Å². The molecule has 0 radical (unpaired) electrons. The number of carbonyl (C=O) groups is 1. The normalized spacial score (nSPS) is 13.6. The number of rotatable bonds is 2. The van der Waals surface area contributed by atoms with Crippen LogP contribution in [0, 0.1) is 13.8 Å². The molecule has 21 heavy (non-hydrogen) atoms. The van der Waals surface area contributed by atoms with Crippen LogP contribution in [-0.4, -0.2) is 12.5 Å². The Labute approximate surface area is 125 Å².